The van der Waals surface area contributed by atoms with Gasteiger partial charge in [0, 0.05) is 12.5 Å². The largest absolute Gasteiger partial charge is 0.411 e. The normalized spacial score (nSPS) is 37.5. The smallest absolute Gasteiger partial charge is 0.372 e. The summed E-state index contributed by atoms with van der Waals surface area (Å²) in [4.78, 5) is 0. The Morgan fingerprint density at radius 3 is 2.38 bits per heavy atom. The molecule has 0 aromatic carbocycles. The lowest BCUT2D eigenvalue weighted by atomic mass is 9.82. The number of fused-ring (bicyclic) bond motifs is 1. The quantitative estimate of drug-likeness (QED) is 0.539. The summed E-state index contributed by atoms with van der Waals surface area (Å²) < 4.78 is 40.2. The van der Waals surface area contributed by atoms with Crippen LogP contribution < -0.4 is 0 Å². The molecule has 2 aliphatic carbocycles. The Morgan fingerprint density at radius 2 is 1.88 bits per heavy atom. The van der Waals surface area contributed by atoms with Gasteiger partial charge in [0.15, 0.2) is 0 Å². The van der Waals surface area contributed by atoms with Gasteiger partial charge in [-0.1, -0.05) is 0 Å². The van der Waals surface area contributed by atoms with Gasteiger partial charge in [0.25, 0.3) is 0 Å². The number of ether oxygens (including phenoxy) is 1. The van der Waals surface area contributed by atoms with Gasteiger partial charge in [-0.25, -0.2) is 0 Å². The Morgan fingerprint density at radius 1 is 1.25 bits per heavy atom. The molecule has 2 unspecified atom stereocenters. The van der Waals surface area contributed by atoms with Crippen LogP contribution in [0.1, 0.15) is 25.7 Å². The topological polar surface area (TPSA) is 9.23 Å². The van der Waals surface area contributed by atoms with E-state index in [0.29, 0.717) is 12.3 Å². The van der Waals surface area contributed by atoms with Crippen molar-refractivity contribution in [3.05, 3.63) is 0 Å². The van der Waals surface area contributed by atoms with Gasteiger partial charge >= 0.3 is 6.18 Å². The van der Waals surface area contributed by atoms with Crippen molar-refractivity contribution in [1.29, 1.82) is 0 Å². The molecule has 2 aliphatic rings. The molecule has 94 valence electrons. The summed E-state index contributed by atoms with van der Waals surface area (Å²) in [5.41, 5.74) is 0.0563. The first-order valence-corrected chi connectivity index (χ1v) is 6.18. The minimum atomic E-state index is -4.22. The highest BCUT2D eigenvalue weighted by Gasteiger charge is 2.52. The molecule has 0 spiro atoms. The van der Waals surface area contributed by atoms with Crippen molar-refractivity contribution in [2.75, 3.05) is 19.1 Å². The van der Waals surface area contributed by atoms with Gasteiger partial charge in [0.05, 0.1) is 0 Å². The number of alkyl halides is 4. The maximum Gasteiger partial charge on any atom is 0.411 e. The third-order valence-electron chi connectivity index (χ3n) is 3.79. The molecule has 1 nitrogen and oxygen atoms in total. The van der Waals surface area contributed by atoms with Crippen molar-refractivity contribution < 1.29 is 17.9 Å². The fraction of sp³-hybridized carbons (Fsp3) is 1.00. The van der Waals surface area contributed by atoms with E-state index in [1.807, 2.05) is 0 Å². The van der Waals surface area contributed by atoms with E-state index in [1.165, 1.54) is 6.42 Å². The average Bonchev–Trinajstić information content (AvgIpc) is 2.81. The molecule has 2 rings (SSSR count). The van der Waals surface area contributed by atoms with Crippen LogP contribution in [0.5, 0.6) is 0 Å². The fourth-order valence-corrected chi connectivity index (χ4v) is 3.21. The second-order valence-corrected chi connectivity index (χ2v) is 5.48. The highest BCUT2D eigenvalue weighted by Crippen LogP contribution is 2.61. The number of rotatable bonds is 5. The molecule has 0 N–H and O–H groups in total. The highest BCUT2D eigenvalue weighted by atomic mass is 35.5. The van der Waals surface area contributed by atoms with E-state index < -0.39 is 12.8 Å². The van der Waals surface area contributed by atoms with Gasteiger partial charge in [-0.3, -0.25) is 0 Å². The van der Waals surface area contributed by atoms with Crippen molar-refractivity contribution >= 4 is 11.6 Å². The second-order valence-electron chi connectivity index (χ2n) is 5.22. The lowest BCUT2D eigenvalue weighted by molar-refractivity contribution is -0.175. The summed E-state index contributed by atoms with van der Waals surface area (Å²) >= 11 is 5.94. The van der Waals surface area contributed by atoms with E-state index in [-0.39, 0.29) is 12.0 Å². The van der Waals surface area contributed by atoms with Crippen molar-refractivity contribution in [3.8, 4) is 0 Å². The summed E-state index contributed by atoms with van der Waals surface area (Å²) in [6.45, 7) is -0.968. The molecule has 2 fully saturated rings. The van der Waals surface area contributed by atoms with Crippen LogP contribution in [0.4, 0.5) is 13.2 Å². The molecule has 0 aliphatic heterocycles. The van der Waals surface area contributed by atoms with E-state index in [2.05, 4.69) is 4.74 Å². The Labute approximate surface area is 98.3 Å². The van der Waals surface area contributed by atoms with Crippen LogP contribution >= 0.6 is 11.6 Å². The first-order chi connectivity index (χ1) is 7.44. The van der Waals surface area contributed by atoms with E-state index in [4.69, 9.17) is 11.6 Å². The van der Waals surface area contributed by atoms with Crippen LogP contribution in [0, 0.1) is 17.3 Å². The van der Waals surface area contributed by atoms with Crippen LogP contribution in [0.2, 0.25) is 0 Å². The molecule has 0 heterocycles. The summed E-state index contributed by atoms with van der Waals surface area (Å²) in [5.74, 6) is 2.14. The minimum absolute atomic E-state index is 0.0563. The van der Waals surface area contributed by atoms with E-state index in [9.17, 15) is 13.2 Å². The third-order valence-corrected chi connectivity index (χ3v) is 4.35. The van der Waals surface area contributed by atoms with Crippen LogP contribution in [0.15, 0.2) is 0 Å². The second kappa shape index (κ2) is 4.37. The molecule has 0 aromatic heterocycles. The van der Waals surface area contributed by atoms with Gasteiger partial charge < -0.3 is 4.74 Å². The van der Waals surface area contributed by atoms with Crippen LogP contribution in [-0.2, 0) is 4.74 Å². The molecule has 5 heteroatoms. The number of hydrogen-bond acceptors (Lipinski definition) is 1. The molecule has 0 saturated heterocycles. The van der Waals surface area contributed by atoms with E-state index in [1.54, 1.807) is 0 Å². The zero-order valence-electron chi connectivity index (χ0n) is 9.02. The zero-order valence-corrected chi connectivity index (χ0v) is 9.78. The molecule has 2 atom stereocenters. The van der Waals surface area contributed by atoms with Gasteiger partial charge in [0.2, 0.25) is 0 Å². The Kier molecular flexibility index (Phi) is 3.41. The van der Waals surface area contributed by atoms with Gasteiger partial charge in [-0.2, -0.15) is 13.2 Å². The van der Waals surface area contributed by atoms with Crippen molar-refractivity contribution in [2.45, 2.75) is 31.9 Å². The molecule has 0 radical (unpaired) electrons. The molecular weight excluding hydrogens is 241 g/mol. The Balaban J connectivity index is 1.68. The molecule has 0 aromatic rings. The lowest BCUT2D eigenvalue weighted by Gasteiger charge is -2.28. The van der Waals surface area contributed by atoms with Crippen LogP contribution in [0.3, 0.4) is 0 Å². The fourth-order valence-electron chi connectivity index (χ4n) is 2.86. The predicted molar refractivity (Wildman–Crippen MR) is 55.5 cm³/mol. The third kappa shape index (κ3) is 3.04. The van der Waals surface area contributed by atoms with Gasteiger partial charge in [0.1, 0.15) is 6.61 Å². The maximum atomic E-state index is 11.9. The van der Waals surface area contributed by atoms with E-state index in [0.717, 1.165) is 24.7 Å². The molecular formula is C11H16ClF3O. The summed E-state index contributed by atoms with van der Waals surface area (Å²) in [7, 11) is 0. The van der Waals surface area contributed by atoms with Gasteiger partial charge in [-0.15, -0.1) is 11.6 Å². The van der Waals surface area contributed by atoms with Crippen LogP contribution in [0.25, 0.3) is 0 Å². The number of hydrogen-bond donors (Lipinski definition) is 0. The first kappa shape index (κ1) is 12.5. The van der Waals surface area contributed by atoms with E-state index >= 15 is 0 Å². The maximum absolute atomic E-state index is 11.9. The zero-order chi connectivity index (χ0) is 11.8. The molecule has 2 saturated carbocycles. The summed E-state index contributed by atoms with van der Waals surface area (Å²) in [5, 5.41) is 0. The predicted octanol–water partition coefficient (Wildman–Crippen LogP) is 3.61. The molecule has 0 bridgehead atoms. The van der Waals surface area contributed by atoms with Crippen molar-refractivity contribution in [3.63, 3.8) is 0 Å². The molecule has 0 amide bonds. The summed E-state index contributed by atoms with van der Waals surface area (Å²) in [6, 6.07) is 0. The SMILES string of the molecule is FC(F)(F)COCCC1(CCl)CC2CC2C1. The van der Waals surface area contributed by atoms with Crippen LogP contribution in [-0.4, -0.2) is 25.3 Å². The monoisotopic (exact) mass is 256 g/mol. The average molecular weight is 257 g/mol. The van der Waals surface area contributed by atoms with Crippen molar-refractivity contribution in [2.24, 2.45) is 17.3 Å². The van der Waals surface area contributed by atoms with Gasteiger partial charge in [-0.05, 0) is 42.9 Å². The molecule has 16 heavy (non-hydrogen) atoms. The Bertz CT molecular complexity index is 244. The highest BCUT2D eigenvalue weighted by molar-refractivity contribution is 6.18. The number of halogens is 4. The summed E-state index contributed by atoms with van der Waals surface area (Å²) in [6.07, 6.45) is -0.0966. The minimum Gasteiger partial charge on any atom is -0.372 e. The standard InChI is InChI=1S/C11H16ClF3O/c12-6-10(4-8-3-9(8)5-10)1-2-16-7-11(13,14)15/h8-9H,1-7H2. The van der Waals surface area contributed by atoms with Crippen molar-refractivity contribution in [1.82, 2.24) is 0 Å². The lowest BCUT2D eigenvalue weighted by Crippen LogP contribution is -2.25. The Hall–Kier alpha value is 0.0400. The first-order valence-electron chi connectivity index (χ1n) is 5.65.